The van der Waals surface area contributed by atoms with Crippen LogP contribution in [-0.2, 0) is 14.3 Å². The van der Waals surface area contributed by atoms with E-state index in [1.165, 1.54) is 6.07 Å². The fourth-order valence-electron chi connectivity index (χ4n) is 0.320. The van der Waals surface area contributed by atoms with E-state index in [1.807, 2.05) is 0 Å². The third kappa shape index (κ3) is 5.92. The number of nitriles is 1. The van der Waals surface area contributed by atoms with Gasteiger partial charge >= 0.3 is 29.6 Å². The minimum absolute atomic E-state index is 0. The predicted molar refractivity (Wildman–Crippen MR) is 31.6 cm³/mol. The van der Waals surface area contributed by atoms with Gasteiger partial charge in [0.15, 0.2) is 0 Å². The molecule has 0 radical (unpaired) electrons. The molecule has 0 aliphatic carbocycles. The van der Waals surface area contributed by atoms with Gasteiger partial charge in [-0.3, -0.25) is 0 Å². The maximum absolute atomic E-state index is 10.4. The van der Waals surface area contributed by atoms with Gasteiger partial charge in [0.25, 0.3) is 0 Å². The summed E-state index contributed by atoms with van der Waals surface area (Å²) in [7, 11) is 0. The molecule has 0 fully saturated rings. The van der Waals surface area contributed by atoms with Crippen LogP contribution >= 0.6 is 0 Å². The van der Waals surface area contributed by atoms with Gasteiger partial charge in [-0.1, -0.05) is 6.42 Å². The zero-order valence-corrected chi connectivity index (χ0v) is 8.46. The Morgan fingerprint density at radius 2 is 2.18 bits per heavy atom. The van der Waals surface area contributed by atoms with Crippen molar-refractivity contribution in [2.45, 2.75) is 6.92 Å². The maximum atomic E-state index is 10.4. The van der Waals surface area contributed by atoms with Crippen molar-refractivity contribution in [2.24, 2.45) is 0 Å². The van der Waals surface area contributed by atoms with Gasteiger partial charge in [0.1, 0.15) is 5.78 Å². The number of carbonyl (C=O) groups excluding carboxylic acids is 2. The second-order valence-electron chi connectivity index (χ2n) is 1.36. The SMILES string of the molecule is CCOC(=O)C(=O)[CH-]C#N.[Na+]. The number of rotatable bonds is 3. The Morgan fingerprint density at radius 1 is 1.64 bits per heavy atom. The zero-order valence-electron chi connectivity index (χ0n) is 6.46. The minimum atomic E-state index is -0.982. The van der Waals surface area contributed by atoms with Gasteiger partial charge in [-0.15, -0.1) is 0 Å². The largest absolute Gasteiger partial charge is 1.00 e. The molecule has 54 valence electrons. The molecule has 0 unspecified atom stereocenters. The van der Waals surface area contributed by atoms with E-state index < -0.39 is 11.8 Å². The van der Waals surface area contributed by atoms with Gasteiger partial charge in [-0.05, 0) is 13.0 Å². The van der Waals surface area contributed by atoms with Crippen molar-refractivity contribution in [2.75, 3.05) is 6.61 Å². The van der Waals surface area contributed by atoms with Gasteiger partial charge in [-0.25, -0.2) is 5.26 Å². The number of ether oxygens (including phenoxy) is 1. The Hall–Kier alpha value is -0.500. The smallest absolute Gasteiger partial charge is 0.545 e. The van der Waals surface area contributed by atoms with E-state index in [9.17, 15) is 9.59 Å². The average molecular weight is 163 g/mol. The summed E-state index contributed by atoms with van der Waals surface area (Å²) in [5.41, 5.74) is 0. The van der Waals surface area contributed by atoms with E-state index in [-0.39, 0.29) is 36.2 Å². The first-order chi connectivity index (χ1) is 4.72. The quantitative estimate of drug-likeness (QED) is 0.191. The van der Waals surface area contributed by atoms with Crippen molar-refractivity contribution in [3.8, 4) is 6.07 Å². The molecule has 0 amide bonds. The molecule has 0 saturated carbocycles. The molecule has 0 aromatic heterocycles. The molecule has 0 bridgehead atoms. The van der Waals surface area contributed by atoms with E-state index in [0.717, 1.165) is 0 Å². The molecule has 4 nitrogen and oxygen atoms in total. The Labute approximate surface area is 86.8 Å². The van der Waals surface area contributed by atoms with Crippen molar-refractivity contribution in [1.29, 1.82) is 5.26 Å². The van der Waals surface area contributed by atoms with Crippen molar-refractivity contribution in [1.82, 2.24) is 0 Å². The van der Waals surface area contributed by atoms with E-state index >= 15 is 0 Å². The van der Waals surface area contributed by atoms with Crippen molar-refractivity contribution in [3.63, 3.8) is 0 Å². The van der Waals surface area contributed by atoms with Crippen LogP contribution in [0.1, 0.15) is 6.92 Å². The first-order valence-electron chi connectivity index (χ1n) is 2.66. The number of ketones is 1. The Morgan fingerprint density at radius 3 is 2.55 bits per heavy atom. The van der Waals surface area contributed by atoms with Gasteiger partial charge < -0.3 is 14.3 Å². The van der Waals surface area contributed by atoms with Crippen LogP contribution in [0.5, 0.6) is 0 Å². The third-order valence-corrected chi connectivity index (χ3v) is 0.672. The van der Waals surface area contributed by atoms with Crippen LogP contribution in [0.3, 0.4) is 0 Å². The molecule has 0 aliphatic rings. The van der Waals surface area contributed by atoms with Crippen LogP contribution in [0.25, 0.3) is 0 Å². The molecule has 5 heteroatoms. The summed E-state index contributed by atoms with van der Waals surface area (Å²) in [6, 6.07) is 1.43. The second-order valence-corrected chi connectivity index (χ2v) is 1.36. The van der Waals surface area contributed by atoms with Crippen LogP contribution in [0.4, 0.5) is 0 Å². The second kappa shape index (κ2) is 7.61. The van der Waals surface area contributed by atoms with Crippen molar-refractivity contribution in [3.05, 3.63) is 6.42 Å². The van der Waals surface area contributed by atoms with Crippen LogP contribution in [-0.4, -0.2) is 18.4 Å². The molecule has 0 heterocycles. The zero-order chi connectivity index (χ0) is 7.98. The molecule has 0 atom stereocenters. The first-order valence-corrected chi connectivity index (χ1v) is 2.66. The molecule has 0 rings (SSSR count). The molecule has 0 saturated heterocycles. The number of carbonyl (C=O) groups is 2. The number of nitrogens with zero attached hydrogens (tertiary/aromatic N) is 1. The minimum Gasteiger partial charge on any atom is -0.545 e. The molecular weight excluding hydrogens is 157 g/mol. The summed E-state index contributed by atoms with van der Waals surface area (Å²) in [4.78, 5) is 20.8. The molecule has 0 spiro atoms. The van der Waals surface area contributed by atoms with E-state index in [0.29, 0.717) is 6.42 Å². The first kappa shape index (κ1) is 13.1. The van der Waals surface area contributed by atoms with E-state index in [4.69, 9.17) is 5.26 Å². The third-order valence-electron chi connectivity index (χ3n) is 0.672. The summed E-state index contributed by atoms with van der Waals surface area (Å²) in [5.74, 6) is -1.90. The Balaban J connectivity index is 0. The number of esters is 1. The topological polar surface area (TPSA) is 67.2 Å². The normalized spacial score (nSPS) is 6.91. The maximum Gasteiger partial charge on any atom is 1.00 e. The molecule has 0 aromatic carbocycles. The monoisotopic (exact) mass is 163 g/mol. The molecule has 0 N–H and O–H groups in total. The van der Waals surface area contributed by atoms with Gasteiger partial charge in [0, 0.05) is 0 Å². The molecule has 0 aliphatic heterocycles. The van der Waals surface area contributed by atoms with Gasteiger partial charge in [-0.2, -0.15) is 0 Å². The standard InChI is InChI=1S/C6H6NO3.Na/c1-2-10-6(9)5(8)3-4-7;/h3H,2H2,1H3;/q-1;+1. The van der Waals surface area contributed by atoms with Gasteiger partial charge in [0.2, 0.25) is 5.97 Å². The molecule has 0 aromatic rings. The fourth-order valence-corrected chi connectivity index (χ4v) is 0.320. The summed E-state index contributed by atoms with van der Waals surface area (Å²) in [6.45, 7) is 1.72. The predicted octanol–water partition coefficient (Wildman–Crippen LogP) is -3.15. The van der Waals surface area contributed by atoms with E-state index in [2.05, 4.69) is 4.74 Å². The van der Waals surface area contributed by atoms with Crippen LogP contribution in [0.15, 0.2) is 0 Å². The Bertz CT molecular complexity index is 185. The van der Waals surface area contributed by atoms with Gasteiger partial charge in [0.05, 0.1) is 6.61 Å². The number of hydrogen-bond donors (Lipinski definition) is 0. The molecular formula is C6H6NNaO3. The number of hydrogen-bond acceptors (Lipinski definition) is 4. The summed E-state index contributed by atoms with van der Waals surface area (Å²) >= 11 is 0. The van der Waals surface area contributed by atoms with Crippen molar-refractivity contribution < 1.29 is 43.9 Å². The molecule has 11 heavy (non-hydrogen) atoms. The Kier molecular flexibility index (Phi) is 9.07. The summed E-state index contributed by atoms with van der Waals surface area (Å²) in [6.07, 6.45) is 0.609. The fraction of sp³-hybridized carbons (Fsp3) is 0.333. The average Bonchev–Trinajstić information content (AvgIpc) is 1.89. The summed E-state index contributed by atoms with van der Waals surface area (Å²) in [5, 5.41) is 7.92. The summed E-state index contributed by atoms with van der Waals surface area (Å²) < 4.78 is 4.29. The van der Waals surface area contributed by atoms with Crippen LogP contribution in [0, 0.1) is 17.8 Å². The van der Waals surface area contributed by atoms with Crippen LogP contribution < -0.4 is 29.6 Å². The van der Waals surface area contributed by atoms with E-state index in [1.54, 1.807) is 6.92 Å². The number of Topliss-reactive ketones (excluding diaryl/α,β-unsaturated/α-hetero) is 1. The van der Waals surface area contributed by atoms with Crippen LogP contribution in [0.2, 0.25) is 0 Å². The van der Waals surface area contributed by atoms with Crippen molar-refractivity contribution >= 4 is 11.8 Å².